The van der Waals surface area contributed by atoms with Crippen molar-refractivity contribution >= 4 is 49.7 Å². The van der Waals surface area contributed by atoms with Gasteiger partial charge < -0.3 is 10.0 Å². The molecule has 0 radical (unpaired) electrons. The Hall–Kier alpha value is -1.86. The summed E-state index contributed by atoms with van der Waals surface area (Å²) < 4.78 is 1.12. The Morgan fingerprint density at radius 3 is 2.69 bits per heavy atom. The smallest absolute Gasteiger partial charge is 0.275 e. The molecule has 0 spiro atoms. The summed E-state index contributed by atoms with van der Waals surface area (Å²) in [7, 11) is 2.14. The second-order valence-corrected chi connectivity index (χ2v) is 10.00. The van der Waals surface area contributed by atoms with Crippen LogP contribution in [-0.2, 0) is 0 Å². The molecule has 0 aromatic heterocycles. The fourth-order valence-electron chi connectivity index (χ4n) is 3.83. The molecule has 154 valence electrons. The number of phenolic OH excluding ortho intramolecular Hbond substituents is 1. The Morgan fingerprint density at radius 2 is 2.00 bits per heavy atom. The Kier molecular flexibility index (Phi) is 6.11. The number of aryl methyl sites for hydroxylation is 1. The number of halogens is 2. The Morgan fingerprint density at radius 1 is 1.31 bits per heavy atom. The fraction of sp³-hybridized carbons (Fsp3) is 0.364. The van der Waals surface area contributed by atoms with Gasteiger partial charge in [0.25, 0.3) is 5.91 Å². The van der Waals surface area contributed by atoms with Crippen LogP contribution < -0.4 is 10.3 Å². The quantitative estimate of drug-likeness (QED) is 0.400. The van der Waals surface area contributed by atoms with Gasteiger partial charge in [-0.05, 0) is 90.0 Å². The number of benzene rings is 2. The van der Waals surface area contributed by atoms with Gasteiger partial charge in [0.05, 0.1) is 16.3 Å². The number of anilines is 1. The highest BCUT2D eigenvalue weighted by Crippen LogP contribution is 2.43. The molecule has 5 nitrogen and oxygen atoms in total. The van der Waals surface area contributed by atoms with Gasteiger partial charge in [0, 0.05) is 22.7 Å². The average molecular weight is 523 g/mol. The van der Waals surface area contributed by atoms with Gasteiger partial charge in [-0.1, -0.05) is 22.9 Å². The van der Waals surface area contributed by atoms with E-state index in [-0.39, 0.29) is 16.9 Å². The third kappa shape index (κ3) is 4.36. The number of carbonyl (C=O) groups excluding carboxylic acids is 1. The molecule has 7 heteroatoms. The van der Waals surface area contributed by atoms with Crippen LogP contribution in [-0.4, -0.2) is 29.8 Å². The molecule has 0 bridgehead atoms. The Balaban J connectivity index is 1.84. The van der Waals surface area contributed by atoms with Crippen molar-refractivity contribution in [1.82, 2.24) is 5.43 Å². The summed E-state index contributed by atoms with van der Waals surface area (Å²) in [5.74, 6) is -0.161. The molecule has 2 N–H and O–H groups in total. The van der Waals surface area contributed by atoms with E-state index in [0.717, 1.165) is 17.5 Å². The highest BCUT2D eigenvalue weighted by Gasteiger charge is 2.34. The molecule has 3 rings (SSSR count). The van der Waals surface area contributed by atoms with Crippen molar-refractivity contribution in [3.05, 3.63) is 55.5 Å². The molecule has 0 saturated heterocycles. The molecule has 0 fully saturated rings. The summed E-state index contributed by atoms with van der Waals surface area (Å²) in [6, 6.07) is 7.57. The molecule has 1 heterocycles. The van der Waals surface area contributed by atoms with Crippen LogP contribution in [0.1, 0.15) is 60.2 Å². The van der Waals surface area contributed by atoms with Gasteiger partial charge in [-0.3, -0.25) is 4.79 Å². The summed E-state index contributed by atoms with van der Waals surface area (Å²) in [5.41, 5.74) is 7.35. The molecule has 2 aromatic carbocycles. The summed E-state index contributed by atoms with van der Waals surface area (Å²) in [6.45, 7) is 8.82. The minimum atomic E-state index is -0.480. The van der Waals surface area contributed by atoms with Gasteiger partial charge in [-0.15, -0.1) is 0 Å². The van der Waals surface area contributed by atoms with Gasteiger partial charge >= 0.3 is 0 Å². The van der Waals surface area contributed by atoms with E-state index < -0.39 is 5.91 Å². The zero-order chi connectivity index (χ0) is 21.5. The highest BCUT2D eigenvalue weighted by atomic mass is 79.9. The maximum Gasteiger partial charge on any atom is 0.275 e. The second kappa shape index (κ2) is 8.11. The van der Waals surface area contributed by atoms with Crippen LogP contribution >= 0.6 is 31.9 Å². The minimum Gasteiger partial charge on any atom is -0.506 e. The van der Waals surface area contributed by atoms with Crippen LogP contribution in [0.15, 0.2) is 38.3 Å². The van der Waals surface area contributed by atoms with Crippen LogP contribution in [0.3, 0.4) is 0 Å². The van der Waals surface area contributed by atoms with Crippen LogP contribution in [0.4, 0.5) is 5.69 Å². The number of hydrogen-bond donors (Lipinski definition) is 2. The van der Waals surface area contributed by atoms with Gasteiger partial charge in [-0.25, -0.2) is 5.43 Å². The predicted molar refractivity (Wildman–Crippen MR) is 125 cm³/mol. The molecule has 0 aliphatic carbocycles. The minimum absolute atomic E-state index is 0.114. The lowest BCUT2D eigenvalue weighted by Crippen LogP contribution is -2.45. The zero-order valence-corrected chi connectivity index (χ0v) is 20.3. The van der Waals surface area contributed by atoms with Gasteiger partial charge in [0.2, 0.25) is 0 Å². The molecule has 1 amide bonds. The van der Waals surface area contributed by atoms with Crippen LogP contribution in [0.5, 0.6) is 5.75 Å². The molecular weight excluding hydrogens is 498 g/mol. The number of amides is 1. The normalized spacial score (nSPS) is 18.0. The first-order valence-electron chi connectivity index (χ1n) is 9.41. The Labute approximate surface area is 188 Å². The number of nitrogens with zero attached hydrogens (tertiary/aromatic N) is 2. The average Bonchev–Trinajstić information content (AvgIpc) is 2.63. The van der Waals surface area contributed by atoms with Crippen molar-refractivity contribution in [3.63, 3.8) is 0 Å². The fourth-order valence-corrected chi connectivity index (χ4v) is 5.06. The van der Waals surface area contributed by atoms with Crippen LogP contribution in [0, 0.1) is 6.92 Å². The first-order valence-corrected chi connectivity index (χ1v) is 11.0. The van der Waals surface area contributed by atoms with E-state index in [1.807, 2.05) is 6.92 Å². The number of hydrazone groups is 1. The predicted octanol–water partition coefficient (Wildman–Crippen LogP) is 5.71. The molecule has 1 unspecified atom stereocenters. The number of rotatable bonds is 3. The standard InChI is InChI=1S/C22H25Br2N3O2/c1-12-6-19-16(13(2)10-22(3,4)27(19)5)7-14(12)11-25-26-21(29)17-8-15(23)9-18(24)20(17)28/h6-9,11,13,28H,10H2,1-5H3,(H,26,29)/b25-11-. The molecule has 1 atom stereocenters. The molecule has 0 saturated carbocycles. The summed E-state index contributed by atoms with van der Waals surface area (Å²) >= 11 is 6.55. The molecule has 29 heavy (non-hydrogen) atoms. The first kappa shape index (κ1) is 21.8. The number of nitrogens with one attached hydrogen (secondary N) is 1. The lowest BCUT2D eigenvalue weighted by Gasteiger charge is -2.45. The van der Waals surface area contributed by atoms with Crippen molar-refractivity contribution in [1.29, 1.82) is 0 Å². The molecule has 1 aliphatic rings. The van der Waals surface area contributed by atoms with Gasteiger partial charge in [0.15, 0.2) is 0 Å². The first-order chi connectivity index (χ1) is 13.5. The maximum atomic E-state index is 12.4. The van der Waals surface area contributed by atoms with E-state index in [1.165, 1.54) is 11.3 Å². The van der Waals surface area contributed by atoms with E-state index in [0.29, 0.717) is 14.9 Å². The third-order valence-electron chi connectivity index (χ3n) is 5.66. The van der Waals surface area contributed by atoms with Crippen molar-refractivity contribution in [3.8, 4) is 5.75 Å². The molecule has 2 aromatic rings. The van der Waals surface area contributed by atoms with Gasteiger partial charge in [-0.2, -0.15) is 5.10 Å². The number of aromatic hydroxyl groups is 1. The van der Waals surface area contributed by atoms with Crippen molar-refractivity contribution < 1.29 is 9.90 Å². The summed E-state index contributed by atoms with van der Waals surface area (Å²) in [6.07, 6.45) is 2.73. The van der Waals surface area contributed by atoms with E-state index in [2.05, 4.69) is 87.2 Å². The second-order valence-electron chi connectivity index (χ2n) is 8.23. The van der Waals surface area contributed by atoms with E-state index in [9.17, 15) is 9.90 Å². The zero-order valence-electron chi connectivity index (χ0n) is 17.2. The molecular formula is C22H25Br2N3O2. The lowest BCUT2D eigenvalue weighted by molar-refractivity contribution is 0.0952. The number of fused-ring (bicyclic) bond motifs is 1. The Bertz CT molecular complexity index is 1000. The van der Waals surface area contributed by atoms with Crippen LogP contribution in [0.2, 0.25) is 0 Å². The van der Waals surface area contributed by atoms with Crippen molar-refractivity contribution in [2.24, 2.45) is 5.10 Å². The lowest BCUT2D eigenvalue weighted by atomic mass is 9.79. The summed E-state index contributed by atoms with van der Waals surface area (Å²) in [4.78, 5) is 14.8. The van der Waals surface area contributed by atoms with Gasteiger partial charge in [0.1, 0.15) is 5.75 Å². The largest absolute Gasteiger partial charge is 0.506 e. The number of phenols is 1. The van der Waals surface area contributed by atoms with Crippen molar-refractivity contribution in [2.75, 3.05) is 11.9 Å². The maximum absolute atomic E-state index is 12.4. The summed E-state index contributed by atoms with van der Waals surface area (Å²) in [5, 5.41) is 14.2. The number of carbonyl (C=O) groups is 1. The number of hydrogen-bond acceptors (Lipinski definition) is 4. The highest BCUT2D eigenvalue weighted by molar-refractivity contribution is 9.11. The van der Waals surface area contributed by atoms with Crippen molar-refractivity contribution in [2.45, 2.75) is 45.6 Å². The van der Waals surface area contributed by atoms with E-state index in [1.54, 1.807) is 18.3 Å². The monoisotopic (exact) mass is 521 g/mol. The topological polar surface area (TPSA) is 64.9 Å². The molecule has 1 aliphatic heterocycles. The SMILES string of the molecule is Cc1cc2c(cc1/C=N\NC(=O)c1cc(Br)cc(Br)c1O)C(C)CC(C)(C)N2C. The van der Waals surface area contributed by atoms with E-state index in [4.69, 9.17) is 0 Å². The van der Waals surface area contributed by atoms with Crippen LogP contribution in [0.25, 0.3) is 0 Å². The third-order valence-corrected chi connectivity index (χ3v) is 6.73. The van der Waals surface area contributed by atoms with E-state index >= 15 is 0 Å².